The molecule has 1 saturated heterocycles. The summed E-state index contributed by atoms with van der Waals surface area (Å²) in [5.41, 5.74) is 1.32. The first-order valence-corrected chi connectivity index (χ1v) is 11.2. The average Bonchev–Trinajstić information content (AvgIpc) is 2.78. The largest absolute Gasteiger partial charge is 0.633 e. The van der Waals surface area contributed by atoms with Crippen molar-refractivity contribution in [3.05, 3.63) is 71.1 Å². The number of quaternary nitrogens is 1. The highest BCUT2D eigenvalue weighted by Crippen LogP contribution is 2.33. The topological polar surface area (TPSA) is 68.3 Å². The predicted molar refractivity (Wildman–Crippen MR) is 125 cm³/mol. The van der Waals surface area contributed by atoms with E-state index in [1.54, 1.807) is 35.2 Å². The number of alkyl halides is 3. The van der Waals surface area contributed by atoms with Gasteiger partial charge in [-0.25, -0.2) is 0 Å². The molecule has 0 saturated carbocycles. The zero-order chi connectivity index (χ0) is 24.5. The van der Waals surface area contributed by atoms with Crippen LogP contribution in [0.2, 0.25) is 0 Å². The summed E-state index contributed by atoms with van der Waals surface area (Å²) in [4.78, 5) is 18.7. The third kappa shape index (κ3) is 5.31. The number of fused-ring (bicyclic) bond motifs is 1. The van der Waals surface area contributed by atoms with E-state index >= 15 is 0 Å². The van der Waals surface area contributed by atoms with E-state index in [-0.39, 0.29) is 16.1 Å². The van der Waals surface area contributed by atoms with Crippen LogP contribution in [0.25, 0.3) is 10.9 Å². The number of hydrogen-bond acceptors (Lipinski definition) is 4. The number of nitrogens with zero attached hydrogens (tertiary/aromatic N) is 3. The lowest BCUT2D eigenvalue weighted by atomic mass is 10.1. The van der Waals surface area contributed by atoms with Gasteiger partial charge in [0, 0.05) is 34.4 Å². The molecule has 1 fully saturated rings. The predicted octanol–water partition coefficient (Wildman–Crippen LogP) is 5.42. The van der Waals surface area contributed by atoms with Gasteiger partial charge in [-0.2, -0.15) is 13.2 Å². The number of amides is 1. The van der Waals surface area contributed by atoms with Crippen LogP contribution in [0.1, 0.15) is 29.8 Å². The molecule has 1 amide bonds. The fourth-order valence-electron chi connectivity index (χ4n) is 4.35. The molecule has 180 valence electrons. The van der Waals surface area contributed by atoms with Gasteiger partial charge in [0.15, 0.2) is 0 Å². The Balaban J connectivity index is 1.44. The van der Waals surface area contributed by atoms with Crippen LogP contribution in [-0.2, 0) is 6.18 Å². The second kappa shape index (κ2) is 9.23. The first-order valence-electron chi connectivity index (χ1n) is 11.2. The first-order chi connectivity index (χ1) is 16.0. The van der Waals surface area contributed by atoms with Gasteiger partial charge < -0.3 is 20.1 Å². The number of nitrogens with one attached hydrogen (secondary N) is 1. The summed E-state index contributed by atoms with van der Waals surface area (Å²) in [5, 5.41) is 16.5. The molecule has 0 unspecified atom stereocenters. The minimum atomic E-state index is -4.43. The Labute approximate surface area is 196 Å². The SMILES string of the molecule is CC(C)C[N+]1([O-])CCN(C(=O)c2ccc(Nc3ccnc4cc(C(F)(F)F)ccc34)cc2)CC1. The maximum absolute atomic E-state index is 13.0. The van der Waals surface area contributed by atoms with Gasteiger partial charge in [0.05, 0.1) is 43.8 Å². The van der Waals surface area contributed by atoms with Crippen LogP contribution in [0.15, 0.2) is 54.7 Å². The Kier molecular flexibility index (Phi) is 6.51. The Morgan fingerprint density at radius 3 is 2.41 bits per heavy atom. The zero-order valence-corrected chi connectivity index (χ0v) is 19.1. The lowest BCUT2D eigenvalue weighted by Crippen LogP contribution is -2.58. The summed E-state index contributed by atoms with van der Waals surface area (Å²) in [6.07, 6.45) is -2.98. The van der Waals surface area contributed by atoms with Crippen molar-refractivity contribution in [1.82, 2.24) is 9.88 Å². The van der Waals surface area contributed by atoms with Gasteiger partial charge in [0.25, 0.3) is 5.91 Å². The number of hydroxylamine groups is 3. The molecule has 1 aliphatic heterocycles. The average molecular weight is 473 g/mol. The minimum Gasteiger partial charge on any atom is -0.633 e. The molecule has 1 N–H and O–H groups in total. The normalized spacial score (nSPS) is 16.1. The van der Waals surface area contributed by atoms with Gasteiger partial charge in [-0.1, -0.05) is 19.9 Å². The molecule has 1 aliphatic rings. The molecule has 0 spiro atoms. The van der Waals surface area contributed by atoms with Crippen LogP contribution in [0.4, 0.5) is 24.5 Å². The number of piperazine rings is 1. The van der Waals surface area contributed by atoms with Gasteiger partial charge in [-0.15, -0.1) is 0 Å². The van der Waals surface area contributed by atoms with Crippen LogP contribution in [0.5, 0.6) is 0 Å². The summed E-state index contributed by atoms with van der Waals surface area (Å²) in [6.45, 7) is 6.27. The van der Waals surface area contributed by atoms with Crippen molar-refractivity contribution >= 4 is 28.2 Å². The van der Waals surface area contributed by atoms with Crippen molar-refractivity contribution < 1.29 is 22.6 Å². The zero-order valence-electron chi connectivity index (χ0n) is 19.1. The molecule has 9 heteroatoms. The van der Waals surface area contributed by atoms with Crippen molar-refractivity contribution in [2.45, 2.75) is 20.0 Å². The smallest absolute Gasteiger partial charge is 0.416 e. The number of anilines is 2. The summed E-state index contributed by atoms with van der Waals surface area (Å²) >= 11 is 0. The molecule has 34 heavy (non-hydrogen) atoms. The number of aromatic nitrogens is 1. The molecule has 3 aromatic rings. The third-order valence-corrected chi connectivity index (χ3v) is 6.02. The number of carbonyl (C=O) groups is 1. The number of pyridine rings is 1. The second-order valence-corrected chi connectivity index (χ2v) is 9.16. The molecular weight excluding hydrogens is 445 g/mol. The van der Waals surface area contributed by atoms with Crippen LogP contribution in [0.3, 0.4) is 0 Å². The maximum Gasteiger partial charge on any atom is 0.416 e. The van der Waals surface area contributed by atoms with Crippen molar-refractivity contribution in [2.75, 3.05) is 38.0 Å². The number of halogens is 3. The number of hydrogen-bond donors (Lipinski definition) is 1. The molecule has 6 nitrogen and oxygen atoms in total. The Bertz CT molecular complexity index is 1170. The lowest BCUT2D eigenvalue weighted by molar-refractivity contribution is -0.887. The van der Waals surface area contributed by atoms with E-state index in [1.165, 1.54) is 12.3 Å². The van der Waals surface area contributed by atoms with Crippen molar-refractivity contribution in [1.29, 1.82) is 0 Å². The van der Waals surface area contributed by atoms with Gasteiger partial charge in [0.2, 0.25) is 0 Å². The summed E-state index contributed by atoms with van der Waals surface area (Å²) < 4.78 is 38.7. The fourth-order valence-corrected chi connectivity index (χ4v) is 4.35. The Morgan fingerprint density at radius 1 is 1.12 bits per heavy atom. The van der Waals surface area contributed by atoms with Gasteiger partial charge in [0.1, 0.15) is 0 Å². The van der Waals surface area contributed by atoms with E-state index in [1.807, 2.05) is 13.8 Å². The highest BCUT2D eigenvalue weighted by atomic mass is 19.4. The second-order valence-electron chi connectivity index (χ2n) is 9.16. The van der Waals surface area contributed by atoms with Gasteiger partial charge in [-0.05, 0) is 42.5 Å². The molecule has 0 radical (unpaired) electrons. The Hall–Kier alpha value is -3.17. The van der Waals surface area contributed by atoms with Crippen LogP contribution >= 0.6 is 0 Å². The highest BCUT2D eigenvalue weighted by molar-refractivity contribution is 5.96. The molecule has 4 rings (SSSR count). The summed E-state index contributed by atoms with van der Waals surface area (Å²) in [5.74, 6) is 0.195. The number of rotatable bonds is 5. The van der Waals surface area contributed by atoms with Crippen molar-refractivity contribution in [3.8, 4) is 0 Å². The number of carbonyl (C=O) groups excluding carboxylic acids is 1. The fraction of sp³-hybridized carbons (Fsp3) is 0.360. The van der Waals surface area contributed by atoms with E-state index in [0.29, 0.717) is 61.0 Å². The van der Waals surface area contributed by atoms with Crippen LogP contribution in [0, 0.1) is 11.1 Å². The van der Waals surface area contributed by atoms with E-state index in [9.17, 15) is 23.2 Å². The van der Waals surface area contributed by atoms with Gasteiger partial charge >= 0.3 is 6.18 Å². The molecule has 2 heterocycles. The molecule has 0 aliphatic carbocycles. The molecule has 1 aromatic heterocycles. The van der Waals surface area contributed by atoms with E-state index in [0.717, 1.165) is 12.1 Å². The quantitative estimate of drug-likeness (QED) is 0.398. The van der Waals surface area contributed by atoms with E-state index < -0.39 is 11.7 Å². The minimum absolute atomic E-state index is 0.114. The van der Waals surface area contributed by atoms with E-state index in [2.05, 4.69) is 10.3 Å². The molecule has 0 atom stereocenters. The summed E-state index contributed by atoms with van der Waals surface area (Å²) in [6, 6.07) is 12.1. The standard InChI is InChI=1S/C25H27F3N4O2/c1-17(2)16-32(34)13-11-31(12-14-32)24(33)18-3-6-20(7-4-18)30-22-9-10-29-23-15-19(25(26,27)28)5-8-21(22)23/h3-10,15,17H,11-14,16H2,1-2H3,(H,29,30). The summed E-state index contributed by atoms with van der Waals surface area (Å²) in [7, 11) is 0. The third-order valence-electron chi connectivity index (χ3n) is 6.02. The van der Waals surface area contributed by atoms with Crippen molar-refractivity contribution in [3.63, 3.8) is 0 Å². The van der Waals surface area contributed by atoms with E-state index in [4.69, 9.17) is 0 Å². The van der Waals surface area contributed by atoms with Gasteiger partial charge in [-0.3, -0.25) is 9.78 Å². The molecule has 0 bridgehead atoms. The molecular formula is C25H27F3N4O2. The lowest BCUT2D eigenvalue weighted by Gasteiger charge is -2.49. The van der Waals surface area contributed by atoms with Crippen LogP contribution < -0.4 is 5.32 Å². The van der Waals surface area contributed by atoms with Crippen molar-refractivity contribution in [2.24, 2.45) is 5.92 Å². The Morgan fingerprint density at radius 2 is 1.79 bits per heavy atom. The highest BCUT2D eigenvalue weighted by Gasteiger charge is 2.31. The van der Waals surface area contributed by atoms with Crippen LogP contribution in [-0.4, -0.2) is 53.2 Å². The number of benzene rings is 2. The maximum atomic E-state index is 13.0. The first kappa shape index (κ1) is 24.0. The monoisotopic (exact) mass is 472 g/mol. The molecule has 2 aromatic carbocycles.